The zero-order chi connectivity index (χ0) is 14.2. The van der Waals surface area contributed by atoms with Crippen molar-refractivity contribution in [2.45, 2.75) is 18.9 Å². The molecule has 1 heterocycles. The minimum Gasteiger partial charge on any atom is -0.366 e. The summed E-state index contributed by atoms with van der Waals surface area (Å²) in [6, 6.07) is 0.192. The van der Waals surface area contributed by atoms with Crippen molar-refractivity contribution in [3.05, 3.63) is 29.1 Å². The summed E-state index contributed by atoms with van der Waals surface area (Å²) in [5.41, 5.74) is -0.828. The van der Waals surface area contributed by atoms with Crippen LogP contribution >= 0.6 is 0 Å². The summed E-state index contributed by atoms with van der Waals surface area (Å²) >= 11 is 0. The van der Waals surface area contributed by atoms with Crippen molar-refractivity contribution in [3.63, 3.8) is 0 Å². The van der Waals surface area contributed by atoms with E-state index in [4.69, 9.17) is 0 Å². The predicted octanol–water partition coefficient (Wildman–Crippen LogP) is 2.57. The van der Waals surface area contributed by atoms with E-state index in [9.17, 15) is 22.0 Å². The van der Waals surface area contributed by atoms with Crippen molar-refractivity contribution in [2.24, 2.45) is 0 Å². The molecule has 0 aliphatic carbocycles. The topological polar surface area (TPSA) is 15.3 Å². The number of benzene rings is 1. The highest BCUT2D eigenvalue weighted by molar-refractivity contribution is 5.51. The van der Waals surface area contributed by atoms with E-state index in [0.717, 1.165) is 0 Å². The van der Waals surface area contributed by atoms with Crippen molar-refractivity contribution in [3.8, 4) is 0 Å². The maximum absolute atomic E-state index is 13.6. The van der Waals surface area contributed by atoms with Gasteiger partial charge in [0.2, 0.25) is 5.82 Å². The van der Waals surface area contributed by atoms with E-state index in [1.807, 2.05) is 0 Å². The fourth-order valence-electron chi connectivity index (χ4n) is 2.26. The van der Waals surface area contributed by atoms with Gasteiger partial charge in [-0.05, 0) is 19.9 Å². The first-order valence-electron chi connectivity index (χ1n) is 5.91. The third-order valence-electron chi connectivity index (χ3n) is 3.41. The van der Waals surface area contributed by atoms with E-state index in [1.54, 1.807) is 7.05 Å². The molecule has 0 atom stereocenters. The van der Waals surface area contributed by atoms with E-state index in [1.165, 1.54) is 4.90 Å². The largest absolute Gasteiger partial charge is 0.366 e. The standard InChI is InChI=1S/C12H13F5N2/c1-18-6-2-4-19(5-3-6)12-10(16)8(14)7(13)9(15)11(12)17/h6,18H,2-5H2,1H3. The van der Waals surface area contributed by atoms with Gasteiger partial charge in [-0.1, -0.05) is 0 Å². The molecule has 0 unspecified atom stereocenters. The first-order chi connectivity index (χ1) is 8.97. The van der Waals surface area contributed by atoms with E-state index in [2.05, 4.69) is 5.32 Å². The summed E-state index contributed by atoms with van der Waals surface area (Å²) in [7, 11) is 1.76. The van der Waals surface area contributed by atoms with Crippen LogP contribution in [-0.4, -0.2) is 26.2 Å². The van der Waals surface area contributed by atoms with Gasteiger partial charge < -0.3 is 10.2 Å². The maximum atomic E-state index is 13.6. The fourth-order valence-corrected chi connectivity index (χ4v) is 2.26. The SMILES string of the molecule is CNC1CCN(c2c(F)c(F)c(F)c(F)c2F)CC1. The molecule has 1 saturated heterocycles. The van der Waals surface area contributed by atoms with Crippen molar-refractivity contribution in [2.75, 3.05) is 25.0 Å². The molecule has 19 heavy (non-hydrogen) atoms. The third kappa shape index (κ3) is 2.39. The molecule has 1 aromatic rings. The molecule has 0 bridgehead atoms. The van der Waals surface area contributed by atoms with E-state index in [0.29, 0.717) is 12.8 Å². The Morgan fingerprint density at radius 3 is 1.68 bits per heavy atom. The van der Waals surface area contributed by atoms with Gasteiger partial charge in [0, 0.05) is 19.1 Å². The monoisotopic (exact) mass is 280 g/mol. The van der Waals surface area contributed by atoms with Gasteiger partial charge in [-0.2, -0.15) is 0 Å². The second kappa shape index (κ2) is 5.32. The second-order valence-corrected chi connectivity index (χ2v) is 4.47. The number of nitrogens with one attached hydrogen (secondary N) is 1. The summed E-state index contributed by atoms with van der Waals surface area (Å²) in [6.45, 7) is 0.480. The zero-order valence-corrected chi connectivity index (χ0v) is 10.2. The van der Waals surface area contributed by atoms with Crippen LogP contribution in [0.4, 0.5) is 27.6 Å². The molecule has 1 aliphatic rings. The zero-order valence-electron chi connectivity index (χ0n) is 10.2. The summed E-state index contributed by atoms with van der Waals surface area (Å²) in [5, 5.41) is 3.01. The lowest BCUT2D eigenvalue weighted by atomic mass is 10.0. The van der Waals surface area contributed by atoms with Crippen LogP contribution in [-0.2, 0) is 0 Å². The van der Waals surface area contributed by atoms with Crippen LogP contribution in [0.1, 0.15) is 12.8 Å². The molecule has 1 aromatic carbocycles. The number of halogens is 5. The van der Waals surface area contributed by atoms with Gasteiger partial charge in [-0.25, -0.2) is 22.0 Å². The summed E-state index contributed by atoms with van der Waals surface area (Å²) < 4.78 is 66.3. The van der Waals surface area contributed by atoms with E-state index < -0.39 is 34.8 Å². The number of hydrogen-bond acceptors (Lipinski definition) is 2. The van der Waals surface area contributed by atoms with Crippen LogP contribution in [0, 0.1) is 29.1 Å². The minimum absolute atomic E-state index is 0.192. The molecule has 7 heteroatoms. The third-order valence-corrected chi connectivity index (χ3v) is 3.41. The predicted molar refractivity (Wildman–Crippen MR) is 60.5 cm³/mol. The normalized spacial score (nSPS) is 17.1. The van der Waals surface area contributed by atoms with Crippen molar-refractivity contribution in [1.82, 2.24) is 5.32 Å². The lowest BCUT2D eigenvalue weighted by Gasteiger charge is -2.33. The Hall–Kier alpha value is -1.37. The van der Waals surface area contributed by atoms with Crippen LogP contribution in [0.2, 0.25) is 0 Å². The van der Waals surface area contributed by atoms with Gasteiger partial charge in [0.25, 0.3) is 0 Å². The molecular weight excluding hydrogens is 267 g/mol. The summed E-state index contributed by atoms with van der Waals surface area (Å²) in [6.07, 6.45) is 1.16. The minimum atomic E-state index is -2.12. The average molecular weight is 280 g/mol. The van der Waals surface area contributed by atoms with Crippen LogP contribution in [0.3, 0.4) is 0 Å². The van der Waals surface area contributed by atoms with Gasteiger partial charge in [0.15, 0.2) is 23.3 Å². The molecule has 0 saturated carbocycles. The van der Waals surface area contributed by atoms with Crippen LogP contribution < -0.4 is 10.2 Å². The first-order valence-corrected chi connectivity index (χ1v) is 5.91. The summed E-state index contributed by atoms with van der Waals surface area (Å²) in [4.78, 5) is 1.20. The van der Waals surface area contributed by atoms with Gasteiger partial charge in [-0.15, -0.1) is 0 Å². The molecule has 1 N–H and O–H groups in total. The molecule has 2 nitrogen and oxygen atoms in total. The molecule has 106 valence electrons. The number of hydrogen-bond donors (Lipinski definition) is 1. The van der Waals surface area contributed by atoms with Crippen LogP contribution in [0.5, 0.6) is 0 Å². The Balaban J connectivity index is 2.36. The lowest BCUT2D eigenvalue weighted by molar-refractivity contribution is 0.371. The molecule has 0 amide bonds. The Bertz CT molecular complexity index is 454. The second-order valence-electron chi connectivity index (χ2n) is 4.47. The molecule has 1 aliphatic heterocycles. The highest BCUT2D eigenvalue weighted by Crippen LogP contribution is 2.31. The highest BCUT2D eigenvalue weighted by Gasteiger charge is 2.30. The smallest absolute Gasteiger partial charge is 0.200 e. The maximum Gasteiger partial charge on any atom is 0.200 e. The molecular formula is C12H13F5N2. The average Bonchev–Trinajstić information content (AvgIpc) is 2.44. The van der Waals surface area contributed by atoms with Gasteiger partial charge >= 0.3 is 0 Å². The van der Waals surface area contributed by atoms with Crippen LogP contribution in [0.25, 0.3) is 0 Å². The van der Waals surface area contributed by atoms with Crippen molar-refractivity contribution < 1.29 is 22.0 Å². The van der Waals surface area contributed by atoms with Gasteiger partial charge in [0.05, 0.1) is 0 Å². The Kier molecular flexibility index (Phi) is 3.93. The molecule has 0 aromatic heterocycles. The van der Waals surface area contributed by atoms with E-state index in [-0.39, 0.29) is 19.1 Å². The Labute approximate surface area is 107 Å². The fraction of sp³-hybridized carbons (Fsp3) is 0.500. The molecule has 2 rings (SSSR count). The first kappa shape index (κ1) is 14.0. The number of piperidine rings is 1. The molecule has 1 fully saturated rings. The Morgan fingerprint density at radius 2 is 1.26 bits per heavy atom. The molecule has 0 spiro atoms. The van der Waals surface area contributed by atoms with E-state index >= 15 is 0 Å². The highest BCUT2D eigenvalue weighted by atomic mass is 19.2. The number of nitrogens with zero attached hydrogens (tertiary/aromatic N) is 1. The number of anilines is 1. The van der Waals surface area contributed by atoms with Gasteiger partial charge in [0.1, 0.15) is 5.69 Å². The molecule has 0 radical (unpaired) electrons. The van der Waals surface area contributed by atoms with Crippen molar-refractivity contribution in [1.29, 1.82) is 0 Å². The summed E-state index contributed by atoms with van der Waals surface area (Å²) in [5.74, 6) is -9.45. The lowest BCUT2D eigenvalue weighted by Crippen LogP contribution is -2.42. The quantitative estimate of drug-likeness (QED) is 0.509. The van der Waals surface area contributed by atoms with Gasteiger partial charge in [-0.3, -0.25) is 0 Å². The Morgan fingerprint density at radius 1 is 0.842 bits per heavy atom. The van der Waals surface area contributed by atoms with Crippen molar-refractivity contribution >= 4 is 5.69 Å². The number of rotatable bonds is 2. The van der Waals surface area contributed by atoms with Crippen LogP contribution in [0.15, 0.2) is 0 Å².